The summed E-state index contributed by atoms with van der Waals surface area (Å²) in [5.74, 6) is 0. The molecule has 0 saturated carbocycles. The third kappa shape index (κ3) is 2.89. The topological polar surface area (TPSA) is 79.8 Å². The van der Waals surface area contributed by atoms with E-state index in [1.54, 1.807) is 25.6 Å². The first kappa shape index (κ1) is 15.8. The van der Waals surface area contributed by atoms with E-state index >= 15 is 0 Å². The molecule has 1 aromatic carbocycles. The van der Waals surface area contributed by atoms with Crippen LogP contribution >= 0.6 is 0 Å². The van der Waals surface area contributed by atoms with Crippen LogP contribution in [0.25, 0.3) is 10.9 Å². The quantitative estimate of drug-likeness (QED) is 0.750. The van der Waals surface area contributed by atoms with Crippen molar-refractivity contribution in [2.24, 2.45) is 7.05 Å². The minimum absolute atomic E-state index is 0.277. The first-order chi connectivity index (χ1) is 10.9. The molecule has 0 amide bonds. The summed E-state index contributed by atoms with van der Waals surface area (Å²) in [6.07, 6.45) is 2.56. The Balaban J connectivity index is 1.75. The summed E-state index contributed by atoms with van der Waals surface area (Å²) in [6.45, 7) is 3.81. The number of rotatable bonds is 5. The molecule has 2 aromatic heterocycles. The van der Waals surface area contributed by atoms with Crippen LogP contribution in [0.2, 0.25) is 0 Å². The van der Waals surface area contributed by atoms with Gasteiger partial charge in [0.15, 0.2) is 0 Å². The molecule has 3 rings (SSSR count). The van der Waals surface area contributed by atoms with Gasteiger partial charge in [-0.05, 0) is 31.9 Å². The van der Waals surface area contributed by atoms with E-state index in [-0.39, 0.29) is 4.90 Å². The number of fused-ring (bicyclic) bond motifs is 1. The Morgan fingerprint density at radius 3 is 2.70 bits per heavy atom. The van der Waals surface area contributed by atoms with Crippen molar-refractivity contribution in [1.29, 1.82) is 0 Å². The molecule has 2 heterocycles. The minimum atomic E-state index is -3.55. The first-order valence-corrected chi connectivity index (χ1v) is 8.93. The number of para-hydroxylation sites is 1. The van der Waals surface area contributed by atoms with Gasteiger partial charge < -0.3 is 4.98 Å². The van der Waals surface area contributed by atoms with Crippen LogP contribution < -0.4 is 4.72 Å². The molecule has 122 valence electrons. The van der Waals surface area contributed by atoms with E-state index in [1.165, 1.54) is 0 Å². The molecule has 0 bridgehead atoms. The van der Waals surface area contributed by atoms with Crippen molar-refractivity contribution in [2.75, 3.05) is 6.54 Å². The molecule has 3 aromatic rings. The molecule has 0 aliphatic heterocycles. The van der Waals surface area contributed by atoms with E-state index in [4.69, 9.17) is 0 Å². The van der Waals surface area contributed by atoms with Gasteiger partial charge in [-0.2, -0.15) is 5.10 Å². The minimum Gasteiger partial charge on any atom is -0.361 e. The van der Waals surface area contributed by atoms with E-state index in [2.05, 4.69) is 14.8 Å². The molecule has 0 fully saturated rings. The van der Waals surface area contributed by atoms with Gasteiger partial charge in [-0.3, -0.25) is 4.68 Å². The number of benzene rings is 1. The Labute approximate surface area is 135 Å². The van der Waals surface area contributed by atoms with Gasteiger partial charge in [0.25, 0.3) is 0 Å². The summed E-state index contributed by atoms with van der Waals surface area (Å²) in [5, 5.41) is 5.29. The molecule has 0 unspecified atom stereocenters. The summed E-state index contributed by atoms with van der Waals surface area (Å²) in [5.41, 5.74) is 3.32. The number of sulfonamides is 1. The van der Waals surface area contributed by atoms with E-state index in [0.29, 0.717) is 24.4 Å². The number of aromatic nitrogens is 3. The highest BCUT2D eigenvalue weighted by molar-refractivity contribution is 7.89. The molecule has 0 aliphatic carbocycles. The molecule has 7 heteroatoms. The lowest BCUT2D eigenvalue weighted by atomic mass is 10.1. The number of hydrogen-bond acceptors (Lipinski definition) is 3. The molecule has 0 spiro atoms. The summed E-state index contributed by atoms with van der Waals surface area (Å²) in [7, 11) is -1.81. The van der Waals surface area contributed by atoms with Gasteiger partial charge >= 0.3 is 0 Å². The van der Waals surface area contributed by atoms with Gasteiger partial charge in [-0.15, -0.1) is 0 Å². The third-order valence-corrected chi connectivity index (χ3v) is 5.79. The van der Waals surface area contributed by atoms with Gasteiger partial charge in [0.1, 0.15) is 4.90 Å². The molecule has 23 heavy (non-hydrogen) atoms. The average molecular weight is 332 g/mol. The van der Waals surface area contributed by atoms with Crippen molar-refractivity contribution < 1.29 is 8.42 Å². The number of nitrogens with one attached hydrogen (secondary N) is 2. The predicted molar refractivity (Wildman–Crippen MR) is 89.9 cm³/mol. The number of nitrogens with zero attached hydrogens (tertiary/aromatic N) is 2. The predicted octanol–water partition coefficient (Wildman–Crippen LogP) is 2.04. The summed E-state index contributed by atoms with van der Waals surface area (Å²) < 4.78 is 29.3. The van der Waals surface area contributed by atoms with Crippen LogP contribution in [-0.2, 0) is 23.5 Å². The van der Waals surface area contributed by atoms with Crippen molar-refractivity contribution in [1.82, 2.24) is 19.5 Å². The fourth-order valence-electron chi connectivity index (χ4n) is 2.87. The molecule has 2 N–H and O–H groups in total. The van der Waals surface area contributed by atoms with E-state index in [9.17, 15) is 8.42 Å². The molecular weight excluding hydrogens is 312 g/mol. The second kappa shape index (κ2) is 5.82. The Kier molecular flexibility index (Phi) is 3.99. The van der Waals surface area contributed by atoms with Crippen molar-refractivity contribution >= 4 is 20.9 Å². The van der Waals surface area contributed by atoms with Gasteiger partial charge in [0.2, 0.25) is 10.0 Å². The fraction of sp³-hybridized carbons (Fsp3) is 0.312. The molecule has 0 aliphatic rings. The highest BCUT2D eigenvalue weighted by Crippen LogP contribution is 2.20. The Morgan fingerprint density at radius 1 is 1.26 bits per heavy atom. The highest BCUT2D eigenvalue weighted by Gasteiger charge is 2.23. The largest absolute Gasteiger partial charge is 0.361 e. The zero-order valence-corrected chi connectivity index (χ0v) is 14.2. The van der Waals surface area contributed by atoms with Crippen LogP contribution in [0, 0.1) is 13.8 Å². The Bertz CT molecular complexity index is 954. The maximum Gasteiger partial charge on any atom is 0.244 e. The van der Waals surface area contributed by atoms with Crippen LogP contribution in [0.5, 0.6) is 0 Å². The maximum atomic E-state index is 12.5. The average Bonchev–Trinajstić information content (AvgIpc) is 3.01. The van der Waals surface area contributed by atoms with E-state index in [0.717, 1.165) is 16.5 Å². The van der Waals surface area contributed by atoms with Gasteiger partial charge in [-0.25, -0.2) is 13.1 Å². The number of aryl methyl sites for hydroxylation is 2. The standard InChI is InChI=1S/C16H20N4O2S/c1-11-16(12(2)20(3)19-11)23(21,22)18-9-8-13-10-17-15-7-5-4-6-14(13)15/h4-7,10,17-18H,8-9H2,1-3H3. The monoisotopic (exact) mass is 332 g/mol. The molecule has 6 nitrogen and oxygen atoms in total. The lowest BCUT2D eigenvalue weighted by Crippen LogP contribution is -2.27. The Morgan fingerprint density at radius 2 is 2.00 bits per heavy atom. The van der Waals surface area contributed by atoms with Gasteiger partial charge in [0.05, 0.1) is 11.4 Å². The molecular formula is C16H20N4O2S. The van der Waals surface area contributed by atoms with Crippen molar-refractivity contribution in [3.63, 3.8) is 0 Å². The van der Waals surface area contributed by atoms with E-state index < -0.39 is 10.0 Å². The van der Waals surface area contributed by atoms with Crippen molar-refractivity contribution in [3.05, 3.63) is 47.4 Å². The maximum absolute atomic E-state index is 12.5. The number of hydrogen-bond donors (Lipinski definition) is 2. The summed E-state index contributed by atoms with van der Waals surface area (Å²) in [6, 6.07) is 7.99. The van der Waals surface area contributed by atoms with Gasteiger partial charge in [0, 0.05) is 30.7 Å². The van der Waals surface area contributed by atoms with Crippen LogP contribution in [0.15, 0.2) is 35.4 Å². The van der Waals surface area contributed by atoms with Crippen LogP contribution in [0.4, 0.5) is 0 Å². The van der Waals surface area contributed by atoms with Crippen molar-refractivity contribution in [3.8, 4) is 0 Å². The van der Waals surface area contributed by atoms with E-state index in [1.807, 2.05) is 30.5 Å². The number of H-pyrrole nitrogens is 1. The molecule has 0 saturated heterocycles. The lowest BCUT2D eigenvalue weighted by molar-refractivity contribution is 0.580. The van der Waals surface area contributed by atoms with Crippen molar-refractivity contribution in [2.45, 2.75) is 25.2 Å². The normalized spacial score (nSPS) is 12.1. The summed E-state index contributed by atoms with van der Waals surface area (Å²) >= 11 is 0. The molecule has 0 atom stereocenters. The Hall–Kier alpha value is -2.12. The number of aromatic amines is 1. The lowest BCUT2D eigenvalue weighted by Gasteiger charge is -2.07. The van der Waals surface area contributed by atoms with Crippen LogP contribution in [-0.4, -0.2) is 29.7 Å². The smallest absolute Gasteiger partial charge is 0.244 e. The van der Waals surface area contributed by atoms with Gasteiger partial charge in [-0.1, -0.05) is 18.2 Å². The van der Waals surface area contributed by atoms with Crippen LogP contribution in [0.1, 0.15) is 17.0 Å². The third-order valence-electron chi connectivity index (χ3n) is 4.07. The first-order valence-electron chi connectivity index (χ1n) is 7.45. The summed E-state index contributed by atoms with van der Waals surface area (Å²) in [4.78, 5) is 3.48. The van der Waals surface area contributed by atoms with Crippen LogP contribution in [0.3, 0.4) is 0 Å². The zero-order valence-electron chi connectivity index (χ0n) is 13.4. The zero-order chi connectivity index (χ0) is 16.6. The second-order valence-electron chi connectivity index (χ2n) is 5.63. The SMILES string of the molecule is Cc1nn(C)c(C)c1S(=O)(=O)NCCc1c[nH]c2ccccc12. The molecule has 0 radical (unpaired) electrons. The fourth-order valence-corrected chi connectivity index (χ4v) is 4.34. The second-order valence-corrected chi connectivity index (χ2v) is 7.33. The highest BCUT2D eigenvalue weighted by atomic mass is 32.2.